The minimum Gasteiger partial charge on any atom is -0.483 e. The van der Waals surface area contributed by atoms with E-state index in [0.717, 1.165) is 21.9 Å². The number of rotatable bonds is 4. The molecule has 0 atom stereocenters. The van der Waals surface area contributed by atoms with E-state index in [-0.39, 0.29) is 12.5 Å². The number of anilines is 1. The smallest absolute Gasteiger partial charge is 0.264 e. The van der Waals surface area contributed by atoms with Gasteiger partial charge in [0.25, 0.3) is 5.91 Å². The van der Waals surface area contributed by atoms with E-state index in [1.165, 1.54) is 11.3 Å². The summed E-state index contributed by atoms with van der Waals surface area (Å²) < 4.78 is 5.55. The molecular formula is C13H15N3O2S. The molecule has 0 saturated carbocycles. The molecule has 0 aliphatic rings. The van der Waals surface area contributed by atoms with Gasteiger partial charge in [-0.3, -0.25) is 10.1 Å². The van der Waals surface area contributed by atoms with Crippen LogP contribution in [-0.2, 0) is 4.79 Å². The molecule has 1 aromatic heterocycles. The Balaban J connectivity index is 1.93. The van der Waals surface area contributed by atoms with E-state index in [2.05, 4.69) is 15.5 Å². The van der Waals surface area contributed by atoms with Crippen LogP contribution in [0.3, 0.4) is 0 Å². The normalized spacial score (nSPS) is 10.3. The van der Waals surface area contributed by atoms with E-state index in [0.29, 0.717) is 5.13 Å². The first-order valence-electron chi connectivity index (χ1n) is 5.85. The third kappa shape index (κ3) is 3.51. The van der Waals surface area contributed by atoms with E-state index >= 15 is 0 Å². The largest absolute Gasteiger partial charge is 0.483 e. The predicted molar refractivity (Wildman–Crippen MR) is 74.7 cm³/mol. The fourth-order valence-electron chi connectivity index (χ4n) is 1.67. The van der Waals surface area contributed by atoms with Crippen LogP contribution in [0.2, 0.25) is 0 Å². The average Bonchev–Trinajstić information content (AvgIpc) is 2.74. The summed E-state index contributed by atoms with van der Waals surface area (Å²) in [6.07, 6.45) is 0. The van der Waals surface area contributed by atoms with Crippen LogP contribution < -0.4 is 10.1 Å². The summed E-state index contributed by atoms with van der Waals surface area (Å²) in [6, 6.07) is 5.87. The van der Waals surface area contributed by atoms with Gasteiger partial charge in [-0.25, -0.2) is 0 Å². The molecule has 6 heteroatoms. The molecule has 0 bridgehead atoms. The monoisotopic (exact) mass is 277 g/mol. The van der Waals surface area contributed by atoms with Crippen molar-refractivity contribution in [3.8, 4) is 5.75 Å². The van der Waals surface area contributed by atoms with Gasteiger partial charge in [-0.1, -0.05) is 29.5 Å². The topological polar surface area (TPSA) is 64.1 Å². The van der Waals surface area contributed by atoms with Gasteiger partial charge in [0.15, 0.2) is 6.61 Å². The molecule has 1 N–H and O–H groups in total. The van der Waals surface area contributed by atoms with Gasteiger partial charge < -0.3 is 4.74 Å². The Kier molecular flexibility index (Phi) is 4.11. The Labute approximate surface area is 115 Å². The van der Waals surface area contributed by atoms with Gasteiger partial charge in [0.1, 0.15) is 10.8 Å². The molecule has 1 heterocycles. The minimum absolute atomic E-state index is 0.0374. The molecule has 100 valence electrons. The average molecular weight is 277 g/mol. The molecule has 1 aromatic carbocycles. The number of amides is 1. The molecule has 0 aliphatic heterocycles. The van der Waals surface area contributed by atoms with E-state index in [1.54, 1.807) is 0 Å². The number of nitrogens with one attached hydrogen (secondary N) is 1. The maximum Gasteiger partial charge on any atom is 0.264 e. The van der Waals surface area contributed by atoms with Crippen molar-refractivity contribution < 1.29 is 9.53 Å². The number of hydrogen-bond acceptors (Lipinski definition) is 5. The maximum absolute atomic E-state index is 11.7. The molecule has 2 aromatic rings. The molecule has 0 fully saturated rings. The van der Waals surface area contributed by atoms with Crippen LogP contribution in [0, 0.1) is 20.8 Å². The summed E-state index contributed by atoms with van der Waals surface area (Å²) in [4.78, 5) is 11.7. The van der Waals surface area contributed by atoms with Gasteiger partial charge in [-0.05, 0) is 31.9 Å². The molecule has 0 saturated heterocycles. The number of ether oxygens (including phenoxy) is 1. The van der Waals surface area contributed by atoms with Gasteiger partial charge in [-0.15, -0.1) is 10.2 Å². The molecule has 5 nitrogen and oxygen atoms in total. The molecule has 0 spiro atoms. The van der Waals surface area contributed by atoms with Crippen molar-refractivity contribution in [2.45, 2.75) is 20.8 Å². The third-order valence-electron chi connectivity index (χ3n) is 2.53. The number of carbonyl (C=O) groups is 1. The van der Waals surface area contributed by atoms with Gasteiger partial charge >= 0.3 is 0 Å². The number of nitrogens with zero attached hydrogens (tertiary/aromatic N) is 2. The molecule has 0 unspecified atom stereocenters. The lowest BCUT2D eigenvalue weighted by atomic mass is 10.1. The van der Waals surface area contributed by atoms with Crippen LogP contribution >= 0.6 is 11.3 Å². The summed E-state index contributed by atoms with van der Waals surface area (Å²) in [7, 11) is 0. The summed E-state index contributed by atoms with van der Waals surface area (Å²) in [6.45, 7) is 5.70. The summed E-state index contributed by atoms with van der Waals surface area (Å²) >= 11 is 1.33. The third-order valence-corrected chi connectivity index (χ3v) is 3.28. The molecule has 2 rings (SSSR count). The Bertz CT molecular complexity index is 575. The molecule has 1 amide bonds. The summed E-state index contributed by atoms with van der Waals surface area (Å²) in [5.41, 5.74) is 2.03. The zero-order valence-corrected chi connectivity index (χ0v) is 11.9. The lowest BCUT2D eigenvalue weighted by Crippen LogP contribution is -2.20. The number of aromatic nitrogens is 2. The van der Waals surface area contributed by atoms with Crippen LogP contribution in [-0.4, -0.2) is 22.7 Å². The zero-order chi connectivity index (χ0) is 13.8. The zero-order valence-electron chi connectivity index (χ0n) is 11.1. The Morgan fingerprint density at radius 3 is 2.53 bits per heavy atom. The van der Waals surface area contributed by atoms with Crippen LogP contribution in [0.4, 0.5) is 5.13 Å². The van der Waals surface area contributed by atoms with Crippen molar-refractivity contribution in [3.63, 3.8) is 0 Å². The van der Waals surface area contributed by atoms with Gasteiger partial charge in [0.05, 0.1) is 0 Å². The van der Waals surface area contributed by atoms with E-state index < -0.39 is 0 Å². The lowest BCUT2D eigenvalue weighted by molar-refractivity contribution is -0.118. The van der Waals surface area contributed by atoms with Crippen molar-refractivity contribution in [2.75, 3.05) is 11.9 Å². The quantitative estimate of drug-likeness (QED) is 0.932. The highest BCUT2D eigenvalue weighted by Gasteiger charge is 2.09. The first-order chi connectivity index (χ1) is 9.06. The standard InChI is InChI=1S/C13H15N3O2S/c1-8-5-4-6-9(2)12(8)18-7-11(17)14-13-16-15-10(3)19-13/h4-6H,7H2,1-3H3,(H,14,16,17). The highest BCUT2D eigenvalue weighted by Crippen LogP contribution is 2.22. The number of aryl methyl sites for hydroxylation is 3. The van der Waals surface area contributed by atoms with E-state index in [1.807, 2.05) is 39.0 Å². The second kappa shape index (κ2) is 5.79. The highest BCUT2D eigenvalue weighted by molar-refractivity contribution is 7.15. The Morgan fingerprint density at radius 2 is 1.95 bits per heavy atom. The lowest BCUT2D eigenvalue weighted by Gasteiger charge is -2.11. The summed E-state index contributed by atoms with van der Waals surface area (Å²) in [5.74, 6) is 0.518. The highest BCUT2D eigenvalue weighted by atomic mass is 32.1. The number of carbonyl (C=O) groups excluding carboxylic acids is 1. The van der Waals surface area contributed by atoms with Gasteiger partial charge in [-0.2, -0.15) is 0 Å². The second-order valence-electron chi connectivity index (χ2n) is 4.18. The molecule has 19 heavy (non-hydrogen) atoms. The number of para-hydroxylation sites is 1. The fraction of sp³-hybridized carbons (Fsp3) is 0.308. The summed E-state index contributed by atoms with van der Waals surface area (Å²) in [5, 5.41) is 11.6. The first kappa shape index (κ1) is 13.5. The Hall–Kier alpha value is -1.95. The van der Waals surface area contributed by atoms with Crippen LogP contribution in [0.1, 0.15) is 16.1 Å². The second-order valence-corrected chi connectivity index (χ2v) is 5.37. The van der Waals surface area contributed by atoms with E-state index in [4.69, 9.17) is 4.74 Å². The first-order valence-corrected chi connectivity index (χ1v) is 6.67. The van der Waals surface area contributed by atoms with Gasteiger partial charge in [0.2, 0.25) is 5.13 Å². The van der Waals surface area contributed by atoms with Crippen molar-refractivity contribution in [3.05, 3.63) is 34.3 Å². The molecule has 0 radical (unpaired) electrons. The minimum atomic E-state index is -0.237. The van der Waals surface area contributed by atoms with Crippen molar-refractivity contribution in [1.29, 1.82) is 0 Å². The van der Waals surface area contributed by atoms with Crippen molar-refractivity contribution in [1.82, 2.24) is 10.2 Å². The van der Waals surface area contributed by atoms with Crippen LogP contribution in [0.25, 0.3) is 0 Å². The van der Waals surface area contributed by atoms with Crippen molar-refractivity contribution >= 4 is 22.4 Å². The van der Waals surface area contributed by atoms with Crippen LogP contribution in [0.5, 0.6) is 5.75 Å². The predicted octanol–water partition coefficient (Wildman–Crippen LogP) is 2.48. The molecular weight excluding hydrogens is 262 g/mol. The maximum atomic E-state index is 11.7. The SMILES string of the molecule is Cc1nnc(NC(=O)COc2c(C)cccc2C)s1. The van der Waals surface area contributed by atoms with Crippen molar-refractivity contribution in [2.24, 2.45) is 0 Å². The number of hydrogen-bond donors (Lipinski definition) is 1. The molecule has 0 aliphatic carbocycles. The van der Waals surface area contributed by atoms with Crippen LogP contribution in [0.15, 0.2) is 18.2 Å². The van der Waals surface area contributed by atoms with E-state index in [9.17, 15) is 4.79 Å². The van der Waals surface area contributed by atoms with Gasteiger partial charge in [0, 0.05) is 0 Å². The number of benzene rings is 1. The Morgan fingerprint density at radius 1 is 1.26 bits per heavy atom. The fourth-order valence-corrected chi connectivity index (χ4v) is 2.27.